The number of nitrogens with one attached hydrogen (secondary N) is 1. The summed E-state index contributed by atoms with van der Waals surface area (Å²) in [5, 5.41) is 3.48. The Morgan fingerprint density at radius 3 is 2.60 bits per heavy atom. The van der Waals surface area contributed by atoms with Gasteiger partial charge in [0.05, 0.1) is 16.6 Å². The maximum absolute atomic E-state index is 13.0. The van der Waals surface area contributed by atoms with Gasteiger partial charge in [-0.3, -0.25) is 4.79 Å². The van der Waals surface area contributed by atoms with Gasteiger partial charge in [0.25, 0.3) is 5.91 Å². The summed E-state index contributed by atoms with van der Waals surface area (Å²) in [5.74, 6) is -0.836. The van der Waals surface area contributed by atoms with E-state index in [1.54, 1.807) is 12.1 Å². The summed E-state index contributed by atoms with van der Waals surface area (Å²) in [6.45, 7) is 1.83. The SMILES string of the molecule is CC(NC(=O)c1ccc(F)cc1Cl)c1cccc(Cl)c1. The summed E-state index contributed by atoms with van der Waals surface area (Å²) >= 11 is 11.8. The van der Waals surface area contributed by atoms with Crippen molar-refractivity contribution in [3.63, 3.8) is 0 Å². The Bertz CT molecular complexity index is 646. The van der Waals surface area contributed by atoms with E-state index in [-0.39, 0.29) is 22.5 Å². The summed E-state index contributed by atoms with van der Waals surface area (Å²) in [4.78, 5) is 12.1. The molecule has 1 amide bonds. The molecule has 0 radical (unpaired) electrons. The molecule has 0 aromatic heterocycles. The van der Waals surface area contributed by atoms with E-state index in [0.717, 1.165) is 11.6 Å². The Labute approximate surface area is 126 Å². The zero-order valence-corrected chi connectivity index (χ0v) is 12.2. The Morgan fingerprint density at radius 1 is 1.20 bits per heavy atom. The minimum atomic E-state index is -0.477. The Balaban J connectivity index is 2.15. The number of benzene rings is 2. The number of halogens is 3. The van der Waals surface area contributed by atoms with Crippen LogP contribution in [0, 0.1) is 5.82 Å². The molecule has 20 heavy (non-hydrogen) atoms. The van der Waals surface area contributed by atoms with Crippen LogP contribution in [-0.4, -0.2) is 5.91 Å². The van der Waals surface area contributed by atoms with Crippen molar-refractivity contribution >= 4 is 29.1 Å². The predicted octanol–water partition coefficient (Wildman–Crippen LogP) is 4.62. The molecule has 0 bridgehead atoms. The minimum absolute atomic E-state index is 0.0841. The van der Waals surface area contributed by atoms with Crippen LogP contribution >= 0.6 is 23.2 Å². The molecule has 1 unspecified atom stereocenters. The summed E-state index contributed by atoms with van der Waals surface area (Å²) in [7, 11) is 0. The van der Waals surface area contributed by atoms with Gasteiger partial charge >= 0.3 is 0 Å². The van der Waals surface area contributed by atoms with Crippen LogP contribution in [0.25, 0.3) is 0 Å². The molecule has 1 atom stereocenters. The molecule has 0 saturated heterocycles. The van der Waals surface area contributed by atoms with Crippen molar-refractivity contribution in [2.75, 3.05) is 0 Å². The molecule has 2 aromatic rings. The maximum Gasteiger partial charge on any atom is 0.253 e. The smallest absolute Gasteiger partial charge is 0.253 e. The van der Waals surface area contributed by atoms with Crippen LogP contribution in [0.3, 0.4) is 0 Å². The van der Waals surface area contributed by atoms with Gasteiger partial charge in [-0.2, -0.15) is 0 Å². The molecule has 0 spiro atoms. The van der Waals surface area contributed by atoms with E-state index in [2.05, 4.69) is 5.32 Å². The highest BCUT2D eigenvalue weighted by Gasteiger charge is 2.14. The monoisotopic (exact) mass is 311 g/mol. The normalized spacial score (nSPS) is 12.0. The zero-order valence-electron chi connectivity index (χ0n) is 10.7. The Hall–Kier alpha value is -1.58. The van der Waals surface area contributed by atoms with Crippen molar-refractivity contribution in [2.24, 2.45) is 0 Å². The lowest BCUT2D eigenvalue weighted by Crippen LogP contribution is -2.26. The van der Waals surface area contributed by atoms with Gasteiger partial charge in [0.15, 0.2) is 0 Å². The molecule has 0 aliphatic rings. The number of carbonyl (C=O) groups is 1. The number of hydrogen-bond donors (Lipinski definition) is 1. The van der Waals surface area contributed by atoms with Crippen molar-refractivity contribution in [1.82, 2.24) is 5.32 Å². The molecule has 104 valence electrons. The van der Waals surface area contributed by atoms with Crippen LogP contribution < -0.4 is 5.32 Å². The molecular weight excluding hydrogens is 300 g/mol. The quantitative estimate of drug-likeness (QED) is 0.880. The fraction of sp³-hybridized carbons (Fsp3) is 0.133. The largest absolute Gasteiger partial charge is 0.345 e. The molecule has 0 aliphatic heterocycles. The lowest BCUT2D eigenvalue weighted by molar-refractivity contribution is 0.0940. The van der Waals surface area contributed by atoms with E-state index in [1.807, 2.05) is 19.1 Å². The summed E-state index contributed by atoms with van der Waals surface area (Å²) < 4.78 is 13.0. The van der Waals surface area contributed by atoms with Crippen molar-refractivity contribution < 1.29 is 9.18 Å². The summed E-state index contributed by atoms with van der Waals surface area (Å²) in [5.41, 5.74) is 1.12. The van der Waals surface area contributed by atoms with Gasteiger partial charge in [-0.1, -0.05) is 35.3 Å². The fourth-order valence-corrected chi connectivity index (χ4v) is 2.26. The van der Waals surface area contributed by atoms with Crippen molar-refractivity contribution in [2.45, 2.75) is 13.0 Å². The number of amides is 1. The van der Waals surface area contributed by atoms with Gasteiger partial charge in [-0.25, -0.2) is 4.39 Å². The molecule has 0 aliphatic carbocycles. The van der Waals surface area contributed by atoms with Gasteiger partial charge in [-0.05, 0) is 42.8 Å². The minimum Gasteiger partial charge on any atom is -0.345 e. The highest BCUT2D eigenvalue weighted by Crippen LogP contribution is 2.20. The molecule has 1 N–H and O–H groups in total. The molecule has 5 heteroatoms. The van der Waals surface area contributed by atoms with E-state index in [9.17, 15) is 9.18 Å². The highest BCUT2D eigenvalue weighted by molar-refractivity contribution is 6.33. The topological polar surface area (TPSA) is 29.1 Å². The molecule has 2 nitrogen and oxygen atoms in total. The van der Waals surface area contributed by atoms with E-state index in [4.69, 9.17) is 23.2 Å². The van der Waals surface area contributed by atoms with E-state index in [1.165, 1.54) is 12.1 Å². The molecule has 0 heterocycles. The number of rotatable bonds is 3. The van der Waals surface area contributed by atoms with Crippen LogP contribution in [-0.2, 0) is 0 Å². The first kappa shape index (κ1) is 14.8. The first-order valence-electron chi connectivity index (χ1n) is 5.99. The lowest BCUT2D eigenvalue weighted by Gasteiger charge is -2.15. The first-order chi connectivity index (χ1) is 9.47. The maximum atomic E-state index is 13.0. The van der Waals surface area contributed by atoms with E-state index >= 15 is 0 Å². The first-order valence-corrected chi connectivity index (χ1v) is 6.74. The van der Waals surface area contributed by atoms with Crippen molar-refractivity contribution in [1.29, 1.82) is 0 Å². The molecule has 0 fully saturated rings. The molecule has 2 rings (SSSR count). The van der Waals surface area contributed by atoms with Gasteiger partial charge in [-0.15, -0.1) is 0 Å². The third-order valence-electron chi connectivity index (χ3n) is 2.87. The molecule has 2 aromatic carbocycles. The average Bonchev–Trinajstić information content (AvgIpc) is 2.38. The zero-order chi connectivity index (χ0) is 14.7. The second-order valence-electron chi connectivity index (χ2n) is 4.37. The van der Waals surface area contributed by atoms with Gasteiger partial charge in [0.1, 0.15) is 5.82 Å². The fourth-order valence-electron chi connectivity index (χ4n) is 1.81. The van der Waals surface area contributed by atoms with Crippen molar-refractivity contribution in [3.8, 4) is 0 Å². The highest BCUT2D eigenvalue weighted by atomic mass is 35.5. The van der Waals surface area contributed by atoms with Gasteiger partial charge < -0.3 is 5.32 Å². The van der Waals surface area contributed by atoms with Gasteiger partial charge in [0.2, 0.25) is 0 Å². The van der Waals surface area contributed by atoms with Crippen LogP contribution in [0.5, 0.6) is 0 Å². The number of hydrogen-bond acceptors (Lipinski definition) is 1. The standard InChI is InChI=1S/C15H12Cl2FNO/c1-9(10-3-2-4-11(16)7-10)19-15(20)13-6-5-12(18)8-14(13)17/h2-9H,1H3,(H,19,20). The van der Waals surface area contributed by atoms with Crippen LogP contribution in [0.2, 0.25) is 10.0 Å². The van der Waals surface area contributed by atoms with Crippen LogP contribution in [0.15, 0.2) is 42.5 Å². The molecular formula is C15H12Cl2FNO. The summed E-state index contributed by atoms with van der Waals surface area (Å²) in [6.07, 6.45) is 0. The van der Waals surface area contributed by atoms with Crippen LogP contribution in [0.4, 0.5) is 4.39 Å². The molecule has 0 saturated carbocycles. The van der Waals surface area contributed by atoms with Crippen LogP contribution in [0.1, 0.15) is 28.9 Å². The second-order valence-corrected chi connectivity index (χ2v) is 5.22. The van der Waals surface area contributed by atoms with E-state index < -0.39 is 5.82 Å². The van der Waals surface area contributed by atoms with E-state index in [0.29, 0.717) is 5.02 Å². The predicted molar refractivity (Wildman–Crippen MR) is 78.7 cm³/mol. The third kappa shape index (κ3) is 3.50. The number of carbonyl (C=O) groups excluding carboxylic acids is 1. The average molecular weight is 312 g/mol. The summed E-state index contributed by atoms with van der Waals surface area (Å²) in [6, 6.07) is 10.6. The van der Waals surface area contributed by atoms with Gasteiger partial charge in [0, 0.05) is 5.02 Å². The lowest BCUT2D eigenvalue weighted by atomic mass is 10.1. The Kier molecular flexibility index (Phi) is 4.63. The Morgan fingerprint density at radius 2 is 1.95 bits per heavy atom. The van der Waals surface area contributed by atoms with Crippen molar-refractivity contribution in [3.05, 3.63) is 69.5 Å². The third-order valence-corrected chi connectivity index (χ3v) is 3.42. The second kappa shape index (κ2) is 6.25.